The molecule has 0 bridgehead atoms. The first-order valence-electron chi connectivity index (χ1n) is 9.17. The second-order valence-electron chi connectivity index (χ2n) is 8.06. The molecule has 1 aromatic heterocycles. The molecule has 154 valence electrons. The maximum atomic E-state index is 13.6. The highest BCUT2D eigenvalue weighted by Crippen LogP contribution is 2.37. The van der Waals surface area contributed by atoms with E-state index in [-0.39, 0.29) is 25.1 Å². The summed E-state index contributed by atoms with van der Waals surface area (Å²) < 4.78 is 47.1. The van der Waals surface area contributed by atoms with Gasteiger partial charge in [-0.25, -0.2) is 4.68 Å². The number of anilines is 1. The predicted octanol–water partition coefficient (Wildman–Crippen LogP) is 2.93. The van der Waals surface area contributed by atoms with Crippen LogP contribution in [0.5, 0.6) is 0 Å². The predicted molar refractivity (Wildman–Crippen MR) is 99.7 cm³/mol. The van der Waals surface area contributed by atoms with Gasteiger partial charge in [0, 0.05) is 33.9 Å². The van der Waals surface area contributed by atoms with Gasteiger partial charge in [0.1, 0.15) is 12.3 Å². The first kappa shape index (κ1) is 21.9. The average molecular weight is 408 g/mol. The maximum absolute atomic E-state index is 13.6. The Bertz CT molecular complexity index is 689. The third kappa shape index (κ3) is 5.79. The zero-order chi connectivity index (χ0) is 20.2. The van der Waals surface area contributed by atoms with E-state index in [9.17, 15) is 18.0 Å². The minimum atomic E-state index is -4.79. The van der Waals surface area contributed by atoms with Gasteiger partial charge in [-0.15, -0.1) is 0 Å². The zero-order valence-corrected chi connectivity index (χ0v) is 17.1. The van der Waals surface area contributed by atoms with Gasteiger partial charge in [0.15, 0.2) is 0 Å². The number of hydrogen-bond acceptors (Lipinski definition) is 5. The SMILES string of the molecule is C[Si](C)(C)CCOCn1ncc(N2CCC[C@H]2CCO)c(C(F)(F)F)c1=O. The van der Waals surface area contributed by atoms with E-state index in [4.69, 9.17) is 9.84 Å². The van der Waals surface area contributed by atoms with Crippen LogP contribution < -0.4 is 10.5 Å². The molecule has 1 fully saturated rings. The van der Waals surface area contributed by atoms with Crippen molar-refractivity contribution in [3.63, 3.8) is 0 Å². The molecule has 27 heavy (non-hydrogen) atoms. The molecule has 0 unspecified atom stereocenters. The van der Waals surface area contributed by atoms with Gasteiger partial charge in [-0.05, 0) is 25.3 Å². The van der Waals surface area contributed by atoms with Crippen molar-refractivity contribution in [2.24, 2.45) is 0 Å². The number of aliphatic hydroxyl groups is 1. The molecule has 1 aliphatic rings. The molecule has 10 heteroatoms. The summed E-state index contributed by atoms with van der Waals surface area (Å²) in [5.41, 5.74) is -2.61. The van der Waals surface area contributed by atoms with Crippen molar-refractivity contribution in [1.82, 2.24) is 9.78 Å². The number of alkyl halides is 3. The van der Waals surface area contributed by atoms with E-state index >= 15 is 0 Å². The molecular weight excluding hydrogens is 379 g/mol. The number of ether oxygens (including phenoxy) is 1. The van der Waals surface area contributed by atoms with E-state index in [0.29, 0.717) is 32.4 Å². The van der Waals surface area contributed by atoms with E-state index in [0.717, 1.165) is 16.9 Å². The maximum Gasteiger partial charge on any atom is 0.423 e. The van der Waals surface area contributed by atoms with Crippen molar-refractivity contribution in [1.29, 1.82) is 0 Å². The number of hydrogen-bond donors (Lipinski definition) is 1. The highest BCUT2D eigenvalue weighted by atomic mass is 28.3. The van der Waals surface area contributed by atoms with Gasteiger partial charge in [-0.3, -0.25) is 4.79 Å². The van der Waals surface area contributed by atoms with Gasteiger partial charge in [-0.1, -0.05) is 19.6 Å². The summed E-state index contributed by atoms with van der Waals surface area (Å²) >= 11 is 0. The monoisotopic (exact) mass is 407 g/mol. The normalized spacial score (nSPS) is 18.3. The molecule has 1 atom stereocenters. The fourth-order valence-electron chi connectivity index (χ4n) is 3.19. The lowest BCUT2D eigenvalue weighted by atomic mass is 10.1. The molecule has 0 aliphatic carbocycles. The van der Waals surface area contributed by atoms with Crippen molar-refractivity contribution in [3.8, 4) is 0 Å². The van der Waals surface area contributed by atoms with E-state index in [1.807, 2.05) is 0 Å². The van der Waals surface area contributed by atoms with Gasteiger partial charge >= 0.3 is 6.18 Å². The lowest BCUT2D eigenvalue weighted by Gasteiger charge is -2.28. The Kier molecular flexibility index (Phi) is 7.09. The molecule has 0 amide bonds. The third-order valence-electron chi connectivity index (χ3n) is 4.67. The summed E-state index contributed by atoms with van der Waals surface area (Å²) in [7, 11) is -1.33. The van der Waals surface area contributed by atoms with Gasteiger partial charge in [0.05, 0.1) is 11.9 Å². The van der Waals surface area contributed by atoms with Gasteiger partial charge in [0.25, 0.3) is 5.56 Å². The third-order valence-corrected chi connectivity index (χ3v) is 6.37. The summed E-state index contributed by atoms with van der Waals surface area (Å²) in [6.45, 7) is 6.87. The van der Waals surface area contributed by atoms with Gasteiger partial charge in [0.2, 0.25) is 0 Å². The number of aliphatic hydroxyl groups excluding tert-OH is 1. The average Bonchev–Trinajstić information content (AvgIpc) is 2.99. The second-order valence-corrected chi connectivity index (χ2v) is 13.7. The largest absolute Gasteiger partial charge is 0.423 e. The molecule has 1 aromatic rings. The number of aromatic nitrogens is 2. The van der Waals surface area contributed by atoms with Crippen molar-refractivity contribution in [3.05, 3.63) is 22.1 Å². The zero-order valence-electron chi connectivity index (χ0n) is 16.1. The Morgan fingerprint density at radius 1 is 1.37 bits per heavy atom. The molecule has 1 saturated heterocycles. The van der Waals surface area contributed by atoms with Crippen LogP contribution in [-0.4, -0.2) is 48.8 Å². The molecule has 2 heterocycles. The molecule has 6 nitrogen and oxygen atoms in total. The van der Waals surface area contributed by atoms with E-state index in [1.165, 1.54) is 0 Å². The fraction of sp³-hybridized carbons (Fsp3) is 0.765. The Morgan fingerprint density at radius 2 is 2.07 bits per heavy atom. The molecule has 2 rings (SSSR count). The lowest BCUT2D eigenvalue weighted by Crippen LogP contribution is -2.38. The highest BCUT2D eigenvalue weighted by molar-refractivity contribution is 6.76. The fourth-order valence-corrected chi connectivity index (χ4v) is 3.94. The molecule has 1 aliphatic heterocycles. The summed E-state index contributed by atoms with van der Waals surface area (Å²) in [4.78, 5) is 14.0. The first-order chi connectivity index (χ1) is 12.5. The van der Waals surface area contributed by atoms with Crippen LogP contribution in [-0.2, 0) is 17.6 Å². The van der Waals surface area contributed by atoms with Crippen LogP contribution in [0, 0.1) is 0 Å². The molecule has 0 spiro atoms. The van der Waals surface area contributed by atoms with Gasteiger partial charge < -0.3 is 14.7 Å². The molecule has 0 saturated carbocycles. The van der Waals surface area contributed by atoms with E-state index in [2.05, 4.69) is 24.7 Å². The molecular formula is C17H28F3N3O3Si. The Hall–Kier alpha value is -1.39. The van der Waals surface area contributed by atoms with Crippen LogP contribution in [0.2, 0.25) is 25.7 Å². The van der Waals surface area contributed by atoms with Crippen molar-refractivity contribution in [2.45, 2.75) is 63.9 Å². The van der Waals surface area contributed by atoms with Crippen LogP contribution in [0.4, 0.5) is 18.9 Å². The quantitative estimate of drug-likeness (QED) is 0.530. The van der Waals surface area contributed by atoms with Crippen molar-refractivity contribution >= 4 is 13.8 Å². The molecule has 0 radical (unpaired) electrons. The van der Waals surface area contributed by atoms with Gasteiger partial charge in [-0.2, -0.15) is 18.3 Å². The standard InChI is InChI=1S/C17H28F3N3O3Si/c1-27(2,3)10-9-26-12-23-16(25)15(17(18,19)20)14(11-21-23)22-7-4-5-13(22)6-8-24/h11,13,24H,4-10,12H2,1-3H3/t13-/m0/s1. The minimum Gasteiger partial charge on any atom is -0.396 e. The summed E-state index contributed by atoms with van der Waals surface area (Å²) in [5.74, 6) is 0. The van der Waals surface area contributed by atoms with Crippen molar-refractivity contribution in [2.75, 3.05) is 24.7 Å². The number of halogens is 3. The van der Waals surface area contributed by atoms with Crippen molar-refractivity contribution < 1.29 is 23.0 Å². The summed E-state index contributed by atoms with van der Waals surface area (Å²) in [6, 6.07) is 0.629. The second kappa shape index (κ2) is 8.74. The van der Waals surface area contributed by atoms with Crippen LogP contribution in [0.1, 0.15) is 24.8 Å². The number of nitrogens with zero attached hydrogens (tertiary/aromatic N) is 3. The Balaban J connectivity index is 2.27. The Morgan fingerprint density at radius 3 is 2.67 bits per heavy atom. The van der Waals surface area contributed by atoms with Crippen LogP contribution in [0.25, 0.3) is 0 Å². The molecule has 1 N–H and O–H groups in total. The van der Waals surface area contributed by atoms with E-state index < -0.39 is 25.4 Å². The topological polar surface area (TPSA) is 67.6 Å². The summed E-state index contributed by atoms with van der Waals surface area (Å²) in [6.07, 6.45) is -1.94. The number of rotatable bonds is 8. The van der Waals surface area contributed by atoms with Crippen LogP contribution in [0.3, 0.4) is 0 Å². The summed E-state index contributed by atoms with van der Waals surface area (Å²) in [5, 5.41) is 13.1. The molecule has 0 aromatic carbocycles. The Labute approximate surface area is 157 Å². The minimum absolute atomic E-state index is 0.113. The first-order valence-corrected chi connectivity index (χ1v) is 12.9. The smallest absolute Gasteiger partial charge is 0.396 e. The lowest BCUT2D eigenvalue weighted by molar-refractivity contribution is -0.138. The van der Waals surface area contributed by atoms with Crippen LogP contribution in [0.15, 0.2) is 11.0 Å². The highest BCUT2D eigenvalue weighted by Gasteiger charge is 2.41. The van der Waals surface area contributed by atoms with E-state index in [1.54, 1.807) is 4.90 Å². The van der Waals surface area contributed by atoms with Crippen LogP contribution >= 0.6 is 0 Å².